The zero-order valence-electron chi connectivity index (χ0n) is 39.0. The topological polar surface area (TPSA) is 99.1 Å². The molecule has 0 heterocycles. The van der Waals surface area contributed by atoms with Crippen molar-refractivity contribution in [3.63, 3.8) is 0 Å². The van der Waals surface area contributed by atoms with Crippen molar-refractivity contribution in [1.29, 1.82) is 0 Å². The summed E-state index contributed by atoms with van der Waals surface area (Å²) in [5.41, 5.74) is 0. The number of rotatable bonds is 43. The fraction of sp³-hybridized carbons (Fsp3) is 0.784. The van der Waals surface area contributed by atoms with Crippen LogP contribution >= 0.6 is 0 Å². The molecule has 0 saturated carbocycles. The van der Waals surface area contributed by atoms with Gasteiger partial charge in [0.1, 0.15) is 6.61 Å². The van der Waals surface area contributed by atoms with Gasteiger partial charge < -0.3 is 23.8 Å². The number of aliphatic carboxylic acids is 1. The van der Waals surface area contributed by atoms with E-state index in [1.807, 2.05) is 27.2 Å². The summed E-state index contributed by atoms with van der Waals surface area (Å²) in [5, 5.41) is 9.62. The number of hydrogen-bond acceptors (Lipinski definition) is 6. The maximum atomic E-state index is 12.7. The van der Waals surface area contributed by atoms with Gasteiger partial charge in [0.2, 0.25) is 0 Å². The standard InChI is InChI=1S/C51H91NO7/c1-6-8-10-12-14-16-18-20-21-22-23-24-25-26-27-28-30-31-33-35-37-39-41-49(53)58-46-47(45-57-44-43-48(51(55)56)52(3,4)5)59-50(54)42-40-38-36-34-32-29-19-17-15-13-11-9-7-2/h22-23,25-26,29,32,36,38,47-48H,6-21,24,27-28,30-31,33-35,37,39-46H2,1-5H3/p+1/b23-22+,26-25+,32-29+,38-36+. The Morgan fingerprint density at radius 3 is 1.37 bits per heavy atom. The van der Waals surface area contributed by atoms with Crippen LogP contribution in [0.5, 0.6) is 0 Å². The highest BCUT2D eigenvalue weighted by atomic mass is 16.6. The van der Waals surface area contributed by atoms with E-state index in [1.54, 1.807) is 0 Å². The molecule has 0 rings (SSSR count). The van der Waals surface area contributed by atoms with Crippen molar-refractivity contribution in [2.45, 2.75) is 219 Å². The first-order chi connectivity index (χ1) is 28.6. The van der Waals surface area contributed by atoms with E-state index in [0.29, 0.717) is 19.3 Å². The zero-order chi connectivity index (χ0) is 43.5. The summed E-state index contributed by atoms with van der Waals surface area (Å²) in [4.78, 5) is 37.0. The van der Waals surface area contributed by atoms with Crippen LogP contribution in [-0.2, 0) is 28.6 Å². The quantitative estimate of drug-likeness (QED) is 0.0283. The number of likely N-dealkylation sites (N-methyl/N-ethyl adjacent to an activating group) is 1. The lowest BCUT2D eigenvalue weighted by Gasteiger charge is -2.31. The van der Waals surface area contributed by atoms with Crippen LogP contribution in [0.1, 0.15) is 206 Å². The van der Waals surface area contributed by atoms with Crippen molar-refractivity contribution >= 4 is 17.9 Å². The Morgan fingerprint density at radius 2 is 0.932 bits per heavy atom. The summed E-state index contributed by atoms with van der Waals surface area (Å²) >= 11 is 0. The lowest BCUT2D eigenvalue weighted by Crippen LogP contribution is -2.50. The van der Waals surface area contributed by atoms with Gasteiger partial charge in [0, 0.05) is 19.3 Å². The van der Waals surface area contributed by atoms with Gasteiger partial charge in [-0.2, -0.15) is 0 Å². The number of ether oxygens (including phenoxy) is 3. The zero-order valence-corrected chi connectivity index (χ0v) is 39.0. The highest BCUT2D eigenvalue weighted by molar-refractivity contribution is 5.72. The van der Waals surface area contributed by atoms with Gasteiger partial charge in [-0.1, -0.05) is 172 Å². The maximum absolute atomic E-state index is 12.7. The molecule has 342 valence electrons. The number of nitrogens with zero attached hydrogens (tertiary/aromatic N) is 1. The van der Waals surface area contributed by atoms with Crippen molar-refractivity contribution in [1.82, 2.24) is 0 Å². The van der Waals surface area contributed by atoms with E-state index in [0.717, 1.165) is 44.9 Å². The molecule has 8 heteroatoms. The highest BCUT2D eigenvalue weighted by Crippen LogP contribution is 2.14. The molecule has 2 atom stereocenters. The summed E-state index contributed by atoms with van der Waals surface area (Å²) < 4.78 is 17.2. The minimum absolute atomic E-state index is 0.0357. The number of esters is 2. The molecule has 0 aliphatic rings. The molecule has 0 amide bonds. The second kappa shape index (κ2) is 42.0. The predicted octanol–water partition coefficient (Wildman–Crippen LogP) is 13.6. The molecule has 0 fully saturated rings. The largest absolute Gasteiger partial charge is 0.477 e. The summed E-state index contributed by atoms with van der Waals surface area (Å²) in [5.74, 6) is -1.56. The number of allylic oxidation sites excluding steroid dienone is 8. The van der Waals surface area contributed by atoms with Gasteiger partial charge in [-0.25, -0.2) is 4.79 Å². The Bertz CT molecular complexity index is 1110. The molecule has 0 aliphatic heterocycles. The third kappa shape index (κ3) is 40.5. The summed E-state index contributed by atoms with van der Waals surface area (Å²) in [6, 6.07) is -0.625. The van der Waals surface area contributed by atoms with Crippen LogP contribution < -0.4 is 0 Å². The van der Waals surface area contributed by atoms with E-state index in [9.17, 15) is 19.5 Å². The van der Waals surface area contributed by atoms with Crippen LogP contribution in [0.25, 0.3) is 0 Å². The molecular formula is C51H92NO7+. The molecule has 59 heavy (non-hydrogen) atoms. The second-order valence-corrected chi connectivity index (χ2v) is 17.4. The molecule has 0 radical (unpaired) electrons. The molecule has 0 saturated heterocycles. The molecule has 2 unspecified atom stereocenters. The van der Waals surface area contributed by atoms with E-state index < -0.39 is 18.1 Å². The van der Waals surface area contributed by atoms with Gasteiger partial charge in [-0.3, -0.25) is 9.59 Å². The number of quaternary nitrogens is 1. The minimum atomic E-state index is -0.884. The van der Waals surface area contributed by atoms with Gasteiger partial charge in [0.05, 0.1) is 34.4 Å². The summed E-state index contributed by atoms with van der Waals surface area (Å²) in [6.45, 7) is 4.66. The van der Waals surface area contributed by atoms with Gasteiger partial charge in [-0.05, 0) is 64.2 Å². The van der Waals surface area contributed by atoms with E-state index in [-0.39, 0.29) is 42.7 Å². The fourth-order valence-corrected chi connectivity index (χ4v) is 6.94. The Balaban J connectivity index is 4.30. The summed E-state index contributed by atoms with van der Waals surface area (Å²) in [7, 11) is 5.51. The molecule has 8 nitrogen and oxygen atoms in total. The smallest absolute Gasteiger partial charge is 0.362 e. The van der Waals surface area contributed by atoms with E-state index in [1.165, 1.54) is 122 Å². The first-order valence-electron chi connectivity index (χ1n) is 24.2. The number of carboxylic acid groups (broad SMARTS) is 1. The maximum Gasteiger partial charge on any atom is 0.362 e. The molecule has 0 aromatic carbocycles. The van der Waals surface area contributed by atoms with Crippen LogP contribution in [0.2, 0.25) is 0 Å². The van der Waals surface area contributed by atoms with Crippen LogP contribution in [-0.4, -0.2) is 80.6 Å². The van der Waals surface area contributed by atoms with Gasteiger partial charge in [-0.15, -0.1) is 0 Å². The third-order valence-electron chi connectivity index (χ3n) is 10.7. The predicted molar refractivity (Wildman–Crippen MR) is 248 cm³/mol. The van der Waals surface area contributed by atoms with Crippen molar-refractivity contribution in [2.24, 2.45) is 0 Å². The average molecular weight is 831 g/mol. The van der Waals surface area contributed by atoms with E-state index in [2.05, 4.69) is 56.4 Å². The van der Waals surface area contributed by atoms with E-state index >= 15 is 0 Å². The average Bonchev–Trinajstić information content (AvgIpc) is 3.19. The Morgan fingerprint density at radius 1 is 0.508 bits per heavy atom. The van der Waals surface area contributed by atoms with Crippen molar-refractivity contribution in [3.05, 3.63) is 48.6 Å². The van der Waals surface area contributed by atoms with Gasteiger partial charge in [0.15, 0.2) is 12.1 Å². The molecule has 0 bridgehead atoms. The van der Waals surface area contributed by atoms with Crippen LogP contribution in [0.15, 0.2) is 48.6 Å². The first-order valence-corrected chi connectivity index (χ1v) is 24.2. The summed E-state index contributed by atoms with van der Waals surface area (Å²) in [6.07, 6.45) is 50.3. The molecule has 1 N–H and O–H groups in total. The molecular weight excluding hydrogens is 739 g/mol. The number of carbonyl (C=O) groups is 3. The molecule has 0 spiro atoms. The number of carboxylic acids is 1. The first kappa shape index (κ1) is 56.3. The van der Waals surface area contributed by atoms with Crippen molar-refractivity contribution in [3.8, 4) is 0 Å². The molecule has 0 aliphatic carbocycles. The lowest BCUT2D eigenvalue weighted by atomic mass is 10.1. The fourth-order valence-electron chi connectivity index (χ4n) is 6.94. The number of hydrogen-bond donors (Lipinski definition) is 1. The Hall–Kier alpha value is -2.71. The Labute approximate surface area is 363 Å². The third-order valence-corrected chi connectivity index (χ3v) is 10.7. The van der Waals surface area contributed by atoms with Gasteiger partial charge in [0.25, 0.3) is 0 Å². The van der Waals surface area contributed by atoms with Crippen LogP contribution in [0.3, 0.4) is 0 Å². The SMILES string of the molecule is CCCCCCCC/C=C/C/C=C/CCC(=O)OC(COCCC(C(=O)O)[N+](C)(C)C)COC(=O)CCCCCCCCC/C=C/C/C=C/CCCCCCCCCC. The number of carbonyl (C=O) groups excluding carboxylic acids is 2. The molecule has 0 aromatic rings. The van der Waals surface area contributed by atoms with Crippen molar-refractivity contribution in [2.75, 3.05) is 41.0 Å². The minimum Gasteiger partial charge on any atom is -0.477 e. The Kier molecular flexibility index (Phi) is 40.1. The van der Waals surface area contributed by atoms with Crippen molar-refractivity contribution < 1.29 is 38.2 Å². The van der Waals surface area contributed by atoms with Gasteiger partial charge >= 0.3 is 17.9 Å². The lowest BCUT2D eigenvalue weighted by molar-refractivity contribution is -0.887. The van der Waals surface area contributed by atoms with E-state index in [4.69, 9.17) is 14.2 Å². The number of unbranched alkanes of at least 4 members (excludes halogenated alkanes) is 21. The normalized spacial score (nSPS) is 13.3. The van der Waals surface area contributed by atoms with Crippen LogP contribution in [0, 0.1) is 0 Å². The molecule has 0 aromatic heterocycles. The highest BCUT2D eigenvalue weighted by Gasteiger charge is 2.31. The monoisotopic (exact) mass is 831 g/mol. The van der Waals surface area contributed by atoms with Crippen LogP contribution in [0.4, 0.5) is 0 Å². The second-order valence-electron chi connectivity index (χ2n) is 17.4.